The highest BCUT2D eigenvalue weighted by Crippen LogP contribution is 2.36. The Balaban J connectivity index is 1.40. The SMILES string of the molecule is O=C(N/N=C/c1ccc(-c2cc(Cl)c(Cl)cc2Cl)o1)[C@H]1COc2ccccc2O1. The zero-order valence-electron chi connectivity index (χ0n) is 14.7. The first kappa shape index (κ1) is 19.6. The average molecular weight is 452 g/mol. The van der Waals surface area contributed by atoms with Crippen molar-refractivity contribution < 1.29 is 18.7 Å². The minimum Gasteiger partial charge on any atom is -0.485 e. The number of benzene rings is 2. The maximum absolute atomic E-state index is 12.2. The summed E-state index contributed by atoms with van der Waals surface area (Å²) in [7, 11) is 0. The Hall–Kier alpha value is -2.67. The molecule has 0 spiro atoms. The predicted molar refractivity (Wildman–Crippen MR) is 111 cm³/mol. The number of furan rings is 1. The van der Waals surface area contributed by atoms with Crippen LogP contribution in [-0.4, -0.2) is 24.8 Å². The maximum Gasteiger partial charge on any atom is 0.284 e. The van der Waals surface area contributed by atoms with E-state index in [2.05, 4.69) is 10.5 Å². The lowest BCUT2D eigenvalue weighted by molar-refractivity contribution is -0.130. The lowest BCUT2D eigenvalue weighted by Crippen LogP contribution is -2.42. The smallest absolute Gasteiger partial charge is 0.284 e. The number of fused-ring (bicyclic) bond motifs is 1. The fraction of sp³-hybridized carbons (Fsp3) is 0.100. The maximum atomic E-state index is 12.2. The van der Waals surface area contributed by atoms with Crippen LogP contribution in [0.1, 0.15) is 5.76 Å². The molecule has 0 aliphatic carbocycles. The van der Waals surface area contributed by atoms with Crippen LogP contribution in [0.3, 0.4) is 0 Å². The number of para-hydroxylation sites is 2. The number of hydrogen-bond acceptors (Lipinski definition) is 5. The van der Waals surface area contributed by atoms with Gasteiger partial charge in [-0.05, 0) is 36.4 Å². The van der Waals surface area contributed by atoms with Gasteiger partial charge in [0.2, 0.25) is 6.10 Å². The van der Waals surface area contributed by atoms with E-state index in [0.29, 0.717) is 43.7 Å². The molecule has 0 unspecified atom stereocenters. The van der Waals surface area contributed by atoms with Crippen LogP contribution in [0.4, 0.5) is 0 Å². The summed E-state index contributed by atoms with van der Waals surface area (Å²) in [6, 6.07) is 13.7. The third-order valence-corrected chi connectivity index (χ3v) is 5.10. The summed E-state index contributed by atoms with van der Waals surface area (Å²) in [6.45, 7) is 0.0963. The van der Waals surface area contributed by atoms with Gasteiger partial charge in [0, 0.05) is 5.56 Å². The van der Waals surface area contributed by atoms with E-state index in [1.165, 1.54) is 6.21 Å². The van der Waals surface area contributed by atoms with Gasteiger partial charge >= 0.3 is 0 Å². The van der Waals surface area contributed by atoms with E-state index >= 15 is 0 Å². The van der Waals surface area contributed by atoms with Gasteiger partial charge in [-0.15, -0.1) is 0 Å². The molecule has 1 amide bonds. The van der Waals surface area contributed by atoms with Crippen molar-refractivity contribution in [2.24, 2.45) is 5.10 Å². The van der Waals surface area contributed by atoms with E-state index in [1.807, 2.05) is 6.07 Å². The number of hydrazone groups is 1. The van der Waals surface area contributed by atoms with Gasteiger partial charge in [0.15, 0.2) is 11.5 Å². The van der Waals surface area contributed by atoms with Crippen molar-refractivity contribution in [1.82, 2.24) is 5.43 Å². The largest absolute Gasteiger partial charge is 0.485 e. The van der Waals surface area contributed by atoms with Crippen molar-refractivity contribution in [1.29, 1.82) is 0 Å². The number of rotatable bonds is 4. The minimum atomic E-state index is -0.802. The fourth-order valence-corrected chi connectivity index (χ4v) is 3.30. The number of carbonyl (C=O) groups excluding carboxylic acids is 1. The number of amides is 1. The average Bonchev–Trinajstić information content (AvgIpc) is 3.19. The lowest BCUT2D eigenvalue weighted by atomic mass is 10.2. The first-order valence-electron chi connectivity index (χ1n) is 8.47. The third-order valence-electron chi connectivity index (χ3n) is 4.07. The van der Waals surface area contributed by atoms with Crippen molar-refractivity contribution in [3.05, 3.63) is 69.4 Å². The quantitative estimate of drug-likeness (QED) is 0.336. The predicted octanol–water partition coefficient (Wildman–Crippen LogP) is 5.20. The van der Waals surface area contributed by atoms with E-state index in [0.717, 1.165) is 0 Å². The highest BCUT2D eigenvalue weighted by Gasteiger charge is 2.27. The molecule has 148 valence electrons. The van der Waals surface area contributed by atoms with Gasteiger partial charge in [-0.25, -0.2) is 5.43 Å². The molecule has 2 heterocycles. The number of nitrogens with zero attached hydrogens (tertiary/aromatic N) is 1. The Morgan fingerprint density at radius 2 is 1.79 bits per heavy atom. The minimum absolute atomic E-state index is 0.0963. The van der Waals surface area contributed by atoms with E-state index in [4.69, 9.17) is 48.7 Å². The number of nitrogens with one attached hydrogen (secondary N) is 1. The van der Waals surface area contributed by atoms with Crippen LogP contribution >= 0.6 is 34.8 Å². The summed E-state index contributed by atoms with van der Waals surface area (Å²) in [4.78, 5) is 12.2. The molecule has 29 heavy (non-hydrogen) atoms. The van der Waals surface area contributed by atoms with Gasteiger partial charge in [-0.1, -0.05) is 46.9 Å². The Morgan fingerprint density at radius 1 is 1.03 bits per heavy atom. The zero-order valence-corrected chi connectivity index (χ0v) is 17.0. The van der Waals surface area contributed by atoms with Crippen molar-refractivity contribution in [3.63, 3.8) is 0 Å². The van der Waals surface area contributed by atoms with Crippen molar-refractivity contribution in [3.8, 4) is 22.8 Å². The van der Waals surface area contributed by atoms with Crippen LogP contribution in [-0.2, 0) is 4.79 Å². The Morgan fingerprint density at radius 3 is 2.62 bits per heavy atom. The van der Waals surface area contributed by atoms with Gasteiger partial charge in [-0.3, -0.25) is 4.79 Å². The summed E-state index contributed by atoms with van der Waals surface area (Å²) in [5.74, 6) is 1.58. The van der Waals surface area contributed by atoms with Gasteiger partial charge in [0.25, 0.3) is 5.91 Å². The highest BCUT2D eigenvalue weighted by molar-refractivity contribution is 6.44. The van der Waals surface area contributed by atoms with Crippen molar-refractivity contribution in [2.75, 3.05) is 6.61 Å². The monoisotopic (exact) mass is 450 g/mol. The molecule has 0 saturated heterocycles. The van der Waals surface area contributed by atoms with Gasteiger partial charge in [0.1, 0.15) is 18.1 Å². The van der Waals surface area contributed by atoms with Crippen molar-refractivity contribution >= 4 is 46.9 Å². The van der Waals surface area contributed by atoms with Gasteiger partial charge < -0.3 is 13.9 Å². The number of hydrogen-bond donors (Lipinski definition) is 1. The van der Waals surface area contributed by atoms with E-state index in [-0.39, 0.29) is 6.61 Å². The number of carbonyl (C=O) groups is 1. The molecule has 0 bridgehead atoms. The van der Waals surface area contributed by atoms with Crippen LogP contribution < -0.4 is 14.9 Å². The Bertz CT molecular complexity index is 1100. The highest BCUT2D eigenvalue weighted by atomic mass is 35.5. The molecule has 4 rings (SSSR count). The molecule has 0 fully saturated rings. The van der Waals surface area contributed by atoms with E-state index in [9.17, 15) is 4.79 Å². The topological polar surface area (TPSA) is 73.1 Å². The second-order valence-corrected chi connectivity index (χ2v) is 7.27. The van der Waals surface area contributed by atoms with Crippen LogP contribution in [0.25, 0.3) is 11.3 Å². The molecule has 6 nitrogen and oxygen atoms in total. The van der Waals surface area contributed by atoms with Crippen LogP contribution in [0.15, 0.2) is 58.0 Å². The summed E-state index contributed by atoms with van der Waals surface area (Å²) in [6.07, 6.45) is 0.564. The Labute approximate surface area is 181 Å². The van der Waals surface area contributed by atoms with Crippen LogP contribution in [0, 0.1) is 0 Å². The zero-order chi connectivity index (χ0) is 20.4. The summed E-state index contributed by atoms with van der Waals surface area (Å²) < 4.78 is 16.8. The second-order valence-electron chi connectivity index (χ2n) is 6.05. The Kier molecular flexibility index (Phi) is 5.67. The normalized spacial score (nSPS) is 15.5. The van der Waals surface area contributed by atoms with Gasteiger partial charge in [0.05, 0.1) is 21.3 Å². The molecular formula is C20H13Cl3N2O4. The fourth-order valence-electron chi connectivity index (χ4n) is 2.66. The third kappa shape index (κ3) is 4.34. The van der Waals surface area contributed by atoms with Gasteiger partial charge in [-0.2, -0.15) is 5.10 Å². The molecule has 1 aliphatic rings. The first-order chi connectivity index (χ1) is 14.0. The first-order valence-corrected chi connectivity index (χ1v) is 9.61. The summed E-state index contributed by atoms with van der Waals surface area (Å²) in [5, 5.41) is 5.02. The van der Waals surface area contributed by atoms with E-state index < -0.39 is 12.0 Å². The summed E-state index contributed by atoms with van der Waals surface area (Å²) in [5.41, 5.74) is 3.00. The molecule has 1 aliphatic heterocycles. The molecular weight excluding hydrogens is 439 g/mol. The van der Waals surface area contributed by atoms with Crippen molar-refractivity contribution in [2.45, 2.75) is 6.10 Å². The van der Waals surface area contributed by atoms with Crippen LogP contribution in [0.5, 0.6) is 11.5 Å². The number of ether oxygens (including phenoxy) is 2. The second kappa shape index (κ2) is 8.37. The number of halogens is 3. The molecule has 1 atom stereocenters. The van der Waals surface area contributed by atoms with Crippen LogP contribution in [0.2, 0.25) is 15.1 Å². The van der Waals surface area contributed by atoms with E-state index in [1.54, 1.807) is 42.5 Å². The molecule has 3 aromatic rings. The molecule has 1 N–H and O–H groups in total. The summed E-state index contributed by atoms with van der Waals surface area (Å²) >= 11 is 18.2. The molecule has 0 saturated carbocycles. The molecule has 9 heteroatoms. The molecule has 0 radical (unpaired) electrons. The molecule has 2 aromatic carbocycles. The standard InChI is InChI=1S/C20H13Cl3N2O4/c21-13-8-15(23)14(22)7-12(13)16-6-5-11(28-16)9-24-25-20(26)19-10-27-17-3-1-2-4-18(17)29-19/h1-9,19H,10H2,(H,25,26)/b24-9+/t19-/m1/s1. The lowest BCUT2D eigenvalue weighted by Gasteiger charge is -2.24. The molecule has 1 aromatic heterocycles.